The van der Waals surface area contributed by atoms with Crippen LogP contribution in [0.1, 0.15) is 12.8 Å². The second-order valence-electron chi connectivity index (χ2n) is 5.27. The van der Waals surface area contributed by atoms with E-state index in [1.807, 2.05) is 0 Å². The van der Waals surface area contributed by atoms with E-state index >= 15 is 0 Å². The Balaban J connectivity index is 2.44. The monoisotopic (exact) mass is 356 g/mol. The third-order valence-electron chi connectivity index (χ3n) is 3.68. The first-order valence-corrected chi connectivity index (χ1v) is 8.19. The first-order valence-electron chi connectivity index (χ1n) is 6.75. The first-order chi connectivity index (χ1) is 10.6. The largest absolute Gasteiger partial charge is 0.494 e. The van der Waals surface area contributed by atoms with Gasteiger partial charge in [-0.05, 0) is 31.0 Å². The Morgan fingerprint density at radius 2 is 1.96 bits per heavy atom. The SMILES string of the molecule is COc1ccc(S(=O)(=O)N2CC(N)CCC2C(F)(F)F)cc1F. The highest BCUT2D eigenvalue weighted by Gasteiger charge is 2.50. The molecule has 0 spiro atoms. The highest BCUT2D eigenvalue weighted by molar-refractivity contribution is 7.89. The maximum Gasteiger partial charge on any atom is 0.405 e. The molecule has 2 N–H and O–H groups in total. The lowest BCUT2D eigenvalue weighted by Crippen LogP contribution is -2.56. The number of benzene rings is 1. The third-order valence-corrected chi connectivity index (χ3v) is 5.55. The Morgan fingerprint density at radius 3 is 2.48 bits per heavy atom. The number of halogens is 4. The number of rotatable bonds is 3. The molecule has 5 nitrogen and oxygen atoms in total. The van der Waals surface area contributed by atoms with Crippen LogP contribution in [0.2, 0.25) is 0 Å². The average molecular weight is 356 g/mol. The van der Waals surface area contributed by atoms with Gasteiger partial charge >= 0.3 is 6.18 Å². The van der Waals surface area contributed by atoms with Crippen molar-refractivity contribution in [2.75, 3.05) is 13.7 Å². The molecule has 0 aromatic heterocycles. The van der Waals surface area contributed by atoms with Crippen LogP contribution >= 0.6 is 0 Å². The van der Waals surface area contributed by atoms with Crippen LogP contribution in [-0.2, 0) is 10.0 Å². The van der Waals surface area contributed by atoms with Gasteiger partial charge in [-0.1, -0.05) is 0 Å². The fourth-order valence-corrected chi connectivity index (χ4v) is 4.21. The van der Waals surface area contributed by atoms with Crippen molar-refractivity contribution in [1.82, 2.24) is 4.31 Å². The van der Waals surface area contributed by atoms with Gasteiger partial charge in [0, 0.05) is 12.6 Å². The van der Waals surface area contributed by atoms with Crippen molar-refractivity contribution < 1.29 is 30.7 Å². The molecule has 0 amide bonds. The predicted molar refractivity (Wildman–Crippen MR) is 73.9 cm³/mol. The molecule has 0 radical (unpaired) electrons. The fraction of sp³-hybridized carbons (Fsp3) is 0.538. The van der Waals surface area contributed by atoms with Gasteiger partial charge in [-0.3, -0.25) is 0 Å². The molecule has 1 fully saturated rings. The number of alkyl halides is 3. The maximum atomic E-state index is 13.7. The molecule has 0 saturated carbocycles. The van der Waals surface area contributed by atoms with E-state index in [-0.39, 0.29) is 12.2 Å². The van der Waals surface area contributed by atoms with Crippen molar-refractivity contribution in [3.63, 3.8) is 0 Å². The Hall–Kier alpha value is -1.39. The van der Waals surface area contributed by atoms with Gasteiger partial charge in [0.15, 0.2) is 11.6 Å². The van der Waals surface area contributed by atoms with Crippen LogP contribution in [0.3, 0.4) is 0 Å². The van der Waals surface area contributed by atoms with Crippen molar-refractivity contribution in [3.05, 3.63) is 24.0 Å². The van der Waals surface area contributed by atoms with E-state index in [1.165, 1.54) is 7.11 Å². The van der Waals surface area contributed by atoms with Crippen molar-refractivity contribution >= 4 is 10.0 Å². The van der Waals surface area contributed by atoms with E-state index in [2.05, 4.69) is 4.74 Å². The Bertz CT molecular complexity index is 678. The number of sulfonamides is 1. The minimum atomic E-state index is -4.72. The quantitative estimate of drug-likeness (QED) is 0.840. The summed E-state index contributed by atoms with van der Waals surface area (Å²) in [5.74, 6) is -1.18. The van der Waals surface area contributed by atoms with Crippen LogP contribution in [-0.4, -0.2) is 44.6 Å². The number of piperidine rings is 1. The lowest BCUT2D eigenvalue weighted by Gasteiger charge is -2.38. The number of hydrogen-bond acceptors (Lipinski definition) is 4. The van der Waals surface area contributed by atoms with Crippen molar-refractivity contribution in [2.45, 2.75) is 36.0 Å². The fourth-order valence-electron chi connectivity index (χ4n) is 2.50. The van der Waals surface area contributed by atoms with Gasteiger partial charge in [-0.15, -0.1) is 0 Å². The molecule has 0 aliphatic carbocycles. The second kappa shape index (κ2) is 6.25. The molecule has 1 aliphatic rings. The zero-order valence-electron chi connectivity index (χ0n) is 12.2. The van der Waals surface area contributed by atoms with Gasteiger partial charge in [0.05, 0.1) is 12.0 Å². The summed E-state index contributed by atoms with van der Waals surface area (Å²) in [6.07, 6.45) is -5.09. The minimum Gasteiger partial charge on any atom is -0.494 e. The molecule has 1 aromatic carbocycles. The van der Waals surface area contributed by atoms with Crippen LogP contribution in [0.15, 0.2) is 23.1 Å². The summed E-state index contributed by atoms with van der Waals surface area (Å²) in [7, 11) is -3.35. The number of hydrogen-bond donors (Lipinski definition) is 1. The average Bonchev–Trinajstić information content (AvgIpc) is 2.45. The van der Waals surface area contributed by atoms with Crippen molar-refractivity contribution in [1.29, 1.82) is 0 Å². The van der Waals surface area contributed by atoms with Gasteiger partial charge in [-0.25, -0.2) is 12.8 Å². The van der Waals surface area contributed by atoms with Gasteiger partial charge in [0.1, 0.15) is 6.04 Å². The van der Waals surface area contributed by atoms with E-state index in [9.17, 15) is 26.0 Å². The molecule has 0 bridgehead atoms. The normalized spacial score (nSPS) is 23.7. The third kappa shape index (κ3) is 3.59. The number of nitrogens with zero attached hydrogens (tertiary/aromatic N) is 1. The zero-order valence-corrected chi connectivity index (χ0v) is 13.0. The van der Waals surface area contributed by atoms with Crippen LogP contribution in [0, 0.1) is 5.82 Å². The molecule has 1 saturated heterocycles. The van der Waals surface area contributed by atoms with Crippen molar-refractivity contribution in [2.24, 2.45) is 5.73 Å². The van der Waals surface area contributed by atoms with Crippen LogP contribution in [0.4, 0.5) is 17.6 Å². The number of nitrogens with two attached hydrogens (primary N) is 1. The van der Waals surface area contributed by atoms with Gasteiger partial charge in [-0.2, -0.15) is 17.5 Å². The van der Waals surface area contributed by atoms with Crippen molar-refractivity contribution in [3.8, 4) is 5.75 Å². The summed E-state index contributed by atoms with van der Waals surface area (Å²) in [6.45, 7) is -0.472. The molecule has 130 valence electrons. The predicted octanol–water partition coefficient (Wildman–Crippen LogP) is 1.88. The van der Waals surface area contributed by atoms with Crippen LogP contribution in [0.5, 0.6) is 5.75 Å². The molecular weight excluding hydrogens is 340 g/mol. The standard InChI is InChI=1S/C13H16F4N2O3S/c1-22-11-4-3-9(6-10(11)14)23(20,21)19-7-8(18)2-5-12(19)13(15,16)17/h3-4,6,8,12H,2,5,7,18H2,1H3. The van der Waals surface area contributed by atoms with E-state index in [0.717, 1.165) is 12.1 Å². The summed E-state index contributed by atoms with van der Waals surface area (Å²) in [4.78, 5) is -0.570. The highest BCUT2D eigenvalue weighted by atomic mass is 32.2. The van der Waals surface area contributed by atoms with Crippen LogP contribution < -0.4 is 10.5 Å². The highest BCUT2D eigenvalue weighted by Crippen LogP contribution is 2.35. The minimum absolute atomic E-state index is 0.0627. The number of ether oxygens (including phenoxy) is 1. The molecule has 23 heavy (non-hydrogen) atoms. The summed E-state index contributed by atoms with van der Waals surface area (Å²) >= 11 is 0. The Labute approximate surface area is 131 Å². The first kappa shape index (κ1) is 18.0. The Morgan fingerprint density at radius 1 is 1.30 bits per heavy atom. The van der Waals surface area contributed by atoms with Crippen LogP contribution in [0.25, 0.3) is 0 Å². The summed E-state index contributed by atoms with van der Waals surface area (Å²) in [6, 6.07) is -0.176. The molecule has 2 rings (SSSR count). The summed E-state index contributed by atoms with van der Waals surface area (Å²) < 4.78 is 83.0. The topological polar surface area (TPSA) is 72.6 Å². The number of methoxy groups -OCH3 is 1. The molecule has 2 unspecified atom stereocenters. The maximum absolute atomic E-state index is 13.7. The van der Waals surface area contributed by atoms with E-state index in [1.54, 1.807) is 0 Å². The summed E-state index contributed by atoms with van der Waals surface area (Å²) in [5, 5.41) is 0. The van der Waals surface area contributed by atoms with E-state index in [0.29, 0.717) is 10.4 Å². The Kier molecular flexibility index (Phi) is 4.88. The lowest BCUT2D eigenvalue weighted by molar-refractivity contribution is -0.178. The molecule has 2 atom stereocenters. The zero-order chi connectivity index (χ0) is 17.4. The van der Waals surface area contributed by atoms with E-state index in [4.69, 9.17) is 5.73 Å². The second-order valence-corrected chi connectivity index (χ2v) is 7.16. The summed E-state index contributed by atoms with van der Waals surface area (Å²) in [5.41, 5.74) is 5.61. The molecule has 1 aliphatic heterocycles. The molecule has 10 heteroatoms. The molecule has 1 heterocycles. The van der Waals surface area contributed by atoms with Gasteiger partial charge < -0.3 is 10.5 Å². The lowest BCUT2D eigenvalue weighted by atomic mass is 10.0. The van der Waals surface area contributed by atoms with E-state index < -0.39 is 52.0 Å². The molecule has 1 aromatic rings. The molecular formula is C13H16F4N2O3S. The smallest absolute Gasteiger partial charge is 0.405 e. The van der Waals surface area contributed by atoms with Gasteiger partial charge in [0.2, 0.25) is 10.0 Å². The van der Waals surface area contributed by atoms with Gasteiger partial charge in [0.25, 0.3) is 0 Å².